The highest BCUT2D eigenvalue weighted by molar-refractivity contribution is 7.26. The molecule has 51 heavy (non-hydrogen) atoms. The summed E-state index contributed by atoms with van der Waals surface area (Å²) in [6, 6.07) is 27.6. The van der Waals surface area contributed by atoms with Crippen molar-refractivity contribution >= 4 is 84.8 Å². The Labute approximate surface area is 314 Å². The summed E-state index contributed by atoms with van der Waals surface area (Å²) in [7, 11) is 0. The number of hydrogen-bond donors (Lipinski definition) is 0. The van der Waals surface area contributed by atoms with Gasteiger partial charge in [-0.1, -0.05) is 133 Å². The fourth-order valence-corrected chi connectivity index (χ4v) is 9.05. The Balaban J connectivity index is 1.28. The molecule has 0 atom stereocenters. The van der Waals surface area contributed by atoms with E-state index in [4.69, 9.17) is 24.5 Å². The van der Waals surface area contributed by atoms with Gasteiger partial charge in [-0.05, 0) is 35.3 Å². The topological polar surface area (TPSA) is 43.6 Å². The molecule has 0 unspecified atom stereocenters. The normalized spacial score (nSPS) is 14.7. The Bertz CT molecular complexity index is 3710. The molecule has 0 saturated heterocycles. The van der Waals surface area contributed by atoms with Crippen molar-refractivity contribution in [3.05, 3.63) is 157 Å². The third kappa shape index (κ3) is 4.47. The average molecular weight is 697 g/mol. The van der Waals surface area contributed by atoms with Crippen LogP contribution in [0.1, 0.15) is 13.7 Å². The molecule has 0 N–H and O–H groups in total. The van der Waals surface area contributed by atoms with Crippen molar-refractivity contribution in [3.63, 3.8) is 0 Å². The first-order valence-electron chi connectivity index (χ1n) is 21.1. The summed E-state index contributed by atoms with van der Waals surface area (Å²) in [6.07, 6.45) is 0. The summed E-state index contributed by atoms with van der Waals surface area (Å²) in [4.78, 5) is 15.1. The third-order valence-corrected chi connectivity index (χ3v) is 11.4. The fourth-order valence-electron chi connectivity index (χ4n) is 6.79. The number of rotatable bonds is 4. The third-order valence-electron chi connectivity index (χ3n) is 9.17. The van der Waals surface area contributed by atoms with Crippen molar-refractivity contribution in [3.8, 4) is 39.9 Å². The van der Waals surface area contributed by atoms with Crippen LogP contribution >= 0.6 is 22.7 Å². The van der Waals surface area contributed by atoms with Crippen LogP contribution in [0.15, 0.2) is 157 Å². The van der Waals surface area contributed by atoms with E-state index in [0.717, 1.165) is 42.6 Å². The predicted octanol–water partition coefficient (Wildman–Crippen LogP) is 12.7. The molecule has 0 spiro atoms. The Morgan fingerprint density at radius 3 is 2.00 bits per heavy atom. The van der Waals surface area contributed by atoms with E-state index in [2.05, 4.69) is 12.1 Å². The van der Waals surface area contributed by atoms with Crippen molar-refractivity contribution < 1.29 is 13.7 Å². The minimum Gasteiger partial charge on any atom is -0.276 e. The summed E-state index contributed by atoms with van der Waals surface area (Å²) in [6.45, 7) is 0. The monoisotopic (exact) mass is 696 g/mol. The summed E-state index contributed by atoms with van der Waals surface area (Å²) in [5.41, 5.74) is 3.46. The van der Waals surface area contributed by atoms with Crippen LogP contribution < -0.4 is 0 Å². The lowest BCUT2D eigenvalue weighted by Crippen LogP contribution is -2.06. The second-order valence-corrected chi connectivity index (χ2v) is 14.2. The lowest BCUT2D eigenvalue weighted by atomic mass is 10.0. The van der Waals surface area contributed by atoms with Gasteiger partial charge in [-0.2, -0.15) is 9.97 Å². The zero-order valence-electron chi connectivity index (χ0n) is 36.3. The minimum atomic E-state index is -0.523. The molecule has 0 aliphatic heterocycles. The number of aromatic nitrogens is 4. The number of thiophene rings is 2. The molecule has 0 aliphatic rings. The van der Waals surface area contributed by atoms with Gasteiger partial charge in [0.2, 0.25) is 5.95 Å². The molecular formula is C45H26N4S2. The number of fused-ring (bicyclic) bond motifs is 10. The van der Waals surface area contributed by atoms with Gasteiger partial charge >= 0.3 is 0 Å². The van der Waals surface area contributed by atoms with E-state index < -0.39 is 36.3 Å². The lowest BCUT2D eigenvalue weighted by molar-refractivity contribution is 0.956. The van der Waals surface area contributed by atoms with Crippen LogP contribution in [0.5, 0.6) is 0 Å². The Kier molecular flexibility index (Phi) is 4.47. The van der Waals surface area contributed by atoms with Crippen molar-refractivity contribution in [2.45, 2.75) is 0 Å². The van der Waals surface area contributed by atoms with Crippen LogP contribution in [-0.4, -0.2) is 19.5 Å². The molecule has 238 valence electrons. The van der Waals surface area contributed by atoms with Crippen LogP contribution in [-0.2, 0) is 0 Å². The highest BCUT2D eigenvalue weighted by atomic mass is 32.1. The number of hydrogen-bond acceptors (Lipinski definition) is 5. The Hall–Kier alpha value is -6.21. The van der Waals surface area contributed by atoms with Crippen LogP contribution in [0.2, 0.25) is 0 Å². The standard InChI is InChI=1S/C45H26N4S2/c1-2-10-27(11-3-1)28-18-20-29(21-19-28)43-46-44(30-22-23-34-32-13-5-8-16-38(32)50-40(34)26-30)48-45(47-43)49-37-15-7-4-12-31(37)35-24-25-36-33-14-6-9-17-39(33)51-42(36)41(35)49/h1-26H/i4D,6D,7D,9D,12D,14D,15D,17D,24D,25D. The summed E-state index contributed by atoms with van der Waals surface area (Å²) in [5, 5.41) is 2.41. The summed E-state index contributed by atoms with van der Waals surface area (Å²) >= 11 is 2.64. The first-order valence-corrected chi connectivity index (χ1v) is 17.8. The van der Waals surface area contributed by atoms with Crippen LogP contribution in [0.25, 0.3) is 102 Å². The molecule has 0 radical (unpaired) electrons. The number of nitrogens with zero attached hydrogens (tertiary/aromatic N) is 4. The number of para-hydroxylation sites is 1. The molecule has 0 bridgehead atoms. The van der Waals surface area contributed by atoms with E-state index in [1.165, 1.54) is 4.57 Å². The van der Waals surface area contributed by atoms with E-state index in [9.17, 15) is 4.11 Å². The highest BCUT2D eigenvalue weighted by Gasteiger charge is 2.21. The Morgan fingerprint density at radius 1 is 0.451 bits per heavy atom. The van der Waals surface area contributed by atoms with Crippen molar-refractivity contribution in [1.29, 1.82) is 0 Å². The maximum atomic E-state index is 9.43. The van der Waals surface area contributed by atoms with Gasteiger partial charge in [-0.25, -0.2) is 4.98 Å². The molecule has 11 rings (SSSR count). The molecule has 0 amide bonds. The second kappa shape index (κ2) is 11.2. The van der Waals surface area contributed by atoms with Gasteiger partial charge < -0.3 is 0 Å². The maximum Gasteiger partial charge on any atom is 0.238 e. The molecular weight excluding hydrogens is 661 g/mol. The zero-order chi connectivity index (χ0) is 42.2. The van der Waals surface area contributed by atoms with Crippen LogP contribution in [0, 0.1) is 0 Å². The van der Waals surface area contributed by atoms with Crippen LogP contribution in [0.4, 0.5) is 0 Å². The molecule has 0 aliphatic carbocycles. The highest BCUT2D eigenvalue weighted by Crippen LogP contribution is 2.43. The van der Waals surface area contributed by atoms with Gasteiger partial charge in [-0.3, -0.25) is 4.57 Å². The van der Waals surface area contributed by atoms with Crippen molar-refractivity contribution in [1.82, 2.24) is 19.5 Å². The van der Waals surface area contributed by atoms with Crippen molar-refractivity contribution in [2.75, 3.05) is 0 Å². The van der Waals surface area contributed by atoms with Gasteiger partial charge in [0.1, 0.15) is 0 Å². The molecule has 11 aromatic rings. The number of benzene rings is 7. The van der Waals surface area contributed by atoms with E-state index in [-0.39, 0.29) is 83.7 Å². The predicted molar refractivity (Wildman–Crippen MR) is 216 cm³/mol. The molecule has 0 fully saturated rings. The average Bonchev–Trinajstić information content (AvgIpc) is 3.99. The largest absolute Gasteiger partial charge is 0.276 e. The minimum absolute atomic E-state index is 0.0131. The van der Waals surface area contributed by atoms with E-state index in [1.807, 2.05) is 84.9 Å². The van der Waals surface area contributed by atoms with Gasteiger partial charge in [0, 0.05) is 57.5 Å². The van der Waals surface area contributed by atoms with E-state index in [1.54, 1.807) is 11.3 Å². The zero-order valence-corrected chi connectivity index (χ0v) is 28.0. The first kappa shape index (κ1) is 20.5. The molecule has 6 heteroatoms. The smallest absolute Gasteiger partial charge is 0.238 e. The summed E-state index contributed by atoms with van der Waals surface area (Å²) < 4.78 is 93.3. The summed E-state index contributed by atoms with van der Waals surface area (Å²) in [5.74, 6) is 0.518. The molecule has 4 heterocycles. The fraction of sp³-hybridized carbons (Fsp3) is 0. The second-order valence-electron chi connectivity index (χ2n) is 12.1. The van der Waals surface area contributed by atoms with Gasteiger partial charge in [0.15, 0.2) is 11.6 Å². The van der Waals surface area contributed by atoms with Crippen molar-refractivity contribution in [2.24, 2.45) is 0 Å². The molecule has 4 nitrogen and oxygen atoms in total. The van der Waals surface area contributed by atoms with E-state index >= 15 is 0 Å². The van der Waals surface area contributed by atoms with Crippen LogP contribution in [0.3, 0.4) is 0 Å². The van der Waals surface area contributed by atoms with E-state index in [0.29, 0.717) is 11.1 Å². The maximum absolute atomic E-state index is 9.43. The quantitative estimate of drug-likeness (QED) is 0.184. The lowest BCUT2D eigenvalue weighted by Gasteiger charge is -2.12. The van der Waals surface area contributed by atoms with Gasteiger partial charge in [0.05, 0.1) is 29.4 Å². The van der Waals surface area contributed by atoms with Gasteiger partial charge in [-0.15, -0.1) is 22.7 Å². The van der Waals surface area contributed by atoms with Gasteiger partial charge in [0.25, 0.3) is 0 Å². The first-order chi connectivity index (χ1) is 29.4. The SMILES string of the molecule is [2H]c1c([2H])c([2H])c2c(sc3c2c([2H])c([2H])c2c4c([2H])c([2H])c([2H])c([2H])c4n(-c4nc(-c5ccc(-c6ccccc6)cc5)nc(-c5ccc6c(c5)sc5ccccc56)n4)c32)c1[2H]. The Morgan fingerprint density at radius 2 is 1.12 bits per heavy atom. The molecule has 4 aromatic heterocycles. The molecule has 7 aromatic carbocycles. The molecule has 0 saturated carbocycles.